The predicted molar refractivity (Wildman–Crippen MR) is 64.1 cm³/mol. The standard InChI is InChI=1S/C13H15NO4/c1-8(12(16)14-10-4-5-10)18-13(17)9-2-6-11(15)7-3-9/h2-3,6-8,10,15H,4-5H2,1H3,(H,14,16)/t8-/m0/s1. The second kappa shape index (κ2) is 5.08. The first-order chi connectivity index (χ1) is 8.56. The molecule has 5 nitrogen and oxygen atoms in total. The molecule has 0 aliphatic heterocycles. The first-order valence-electron chi connectivity index (χ1n) is 5.86. The van der Waals surface area contributed by atoms with E-state index in [1.165, 1.54) is 31.2 Å². The number of carbonyl (C=O) groups excluding carboxylic acids is 2. The molecule has 96 valence electrons. The van der Waals surface area contributed by atoms with Crippen molar-refractivity contribution >= 4 is 11.9 Å². The summed E-state index contributed by atoms with van der Waals surface area (Å²) in [6.45, 7) is 1.54. The maximum absolute atomic E-state index is 11.7. The highest BCUT2D eigenvalue weighted by Gasteiger charge is 2.27. The van der Waals surface area contributed by atoms with E-state index in [9.17, 15) is 9.59 Å². The van der Waals surface area contributed by atoms with Gasteiger partial charge in [0.05, 0.1) is 5.56 Å². The molecule has 1 atom stereocenters. The van der Waals surface area contributed by atoms with Gasteiger partial charge >= 0.3 is 5.97 Å². The third-order valence-electron chi connectivity index (χ3n) is 2.68. The topological polar surface area (TPSA) is 75.6 Å². The Kier molecular flexibility index (Phi) is 3.50. The number of hydrogen-bond donors (Lipinski definition) is 2. The molecule has 1 aliphatic carbocycles. The molecule has 0 spiro atoms. The Labute approximate surface area is 105 Å². The van der Waals surface area contributed by atoms with Gasteiger partial charge in [0.2, 0.25) is 0 Å². The zero-order valence-corrected chi connectivity index (χ0v) is 10.1. The van der Waals surface area contributed by atoms with Gasteiger partial charge in [-0.15, -0.1) is 0 Å². The molecule has 1 fully saturated rings. The SMILES string of the molecule is C[C@H](OC(=O)c1ccc(O)cc1)C(=O)NC1CC1. The van der Waals surface area contributed by atoms with Gasteiger partial charge in [0.1, 0.15) is 5.75 Å². The van der Waals surface area contributed by atoms with Crippen LogP contribution in [0.1, 0.15) is 30.1 Å². The van der Waals surface area contributed by atoms with Crippen molar-refractivity contribution in [1.29, 1.82) is 0 Å². The van der Waals surface area contributed by atoms with Crippen LogP contribution in [0.4, 0.5) is 0 Å². The highest BCUT2D eigenvalue weighted by molar-refractivity contribution is 5.92. The third kappa shape index (κ3) is 3.23. The Morgan fingerprint density at radius 2 is 1.94 bits per heavy atom. The zero-order valence-electron chi connectivity index (χ0n) is 10.1. The zero-order chi connectivity index (χ0) is 13.1. The molecule has 0 saturated heterocycles. The number of benzene rings is 1. The van der Waals surface area contributed by atoms with Gasteiger partial charge in [-0.1, -0.05) is 0 Å². The Balaban J connectivity index is 1.89. The van der Waals surface area contributed by atoms with Crippen LogP contribution in [-0.2, 0) is 9.53 Å². The summed E-state index contributed by atoms with van der Waals surface area (Å²) in [5, 5.41) is 11.9. The number of amides is 1. The van der Waals surface area contributed by atoms with Crippen LogP contribution in [-0.4, -0.2) is 29.1 Å². The van der Waals surface area contributed by atoms with Crippen LogP contribution in [0.5, 0.6) is 5.75 Å². The summed E-state index contributed by atoms with van der Waals surface area (Å²) in [4.78, 5) is 23.3. The van der Waals surface area contributed by atoms with Gasteiger partial charge < -0.3 is 15.2 Å². The lowest BCUT2D eigenvalue weighted by Gasteiger charge is -2.13. The average molecular weight is 249 g/mol. The number of nitrogens with one attached hydrogen (secondary N) is 1. The van der Waals surface area contributed by atoms with Crippen molar-refractivity contribution in [2.75, 3.05) is 0 Å². The molecule has 18 heavy (non-hydrogen) atoms. The molecule has 0 unspecified atom stereocenters. The van der Waals surface area contributed by atoms with E-state index >= 15 is 0 Å². The van der Waals surface area contributed by atoms with Gasteiger partial charge in [0, 0.05) is 6.04 Å². The van der Waals surface area contributed by atoms with E-state index in [0.29, 0.717) is 5.56 Å². The smallest absolute Gasteiger partial charge is 0.338 e. The molecule has 1 aromatic carbocycles. The Bertz CT molecular complexity index is 451. The van der Waals surface area contributed by atoms with Gasteiger partial charge in [-0.25, -0.2) is 4.79 Å². The number of ether oxygens (including phenoxy) is 1. The fourth-order valence-electron chi connectivity index (χ4n) is 1.43. The van der Waals surface area contributed by atoms with Crippen LogP contribution in [0, 0.1) is 0 Å². The van der Waals surface area contributed by atoms with Crippen LogP contribution in [0.3, 0.4) is 0 Å². The van der Waals surface area contributed by atoms with E-state index in [1.54, 1.807) is 0 Å². The largest absolute Gasteiger partial charge is 0.508 e. The second-order valence-electron chi connectivity index (χ2n) is 4.38. The van der Waals surface area contributed by atoms with Crippen LogP contribution in [0.2, 0.25) is 0 Å². The molecule has 0 heterocycles. The number of phenols is 1. The van der Waals surface area contributed by atoms with E-state index in [1.807, 2.05) is 0 Å². The van der Waals surface area contributed by atoms with Crippen molar-refractivity contribution in [2.45, 2.75) is 31.9 Å². The highest BCUT2D eigenvalue weighted by Crippen LogP contribution is 2.19. The number of aromatic hydroxyl groups is 1. The van der Waals surface area contributed by atoms with Gasteiger partial charge in [-0.2, -0.15) is 0 Å². The molecule has 1 aliphatic rings. The van der Waals surface area contributed by atoms with Gasteiger partial charge in [0.15, 0.2) is 6.10 Å². The maximum Gasteiger partial charge on any atom is 0.338 e. The highest BCUT2D eigenvalue weighted by atomic mass is 16.5. The summed E-state index contributed by atoms with van der Waals surface area (Å²) >= 11 is 0. The summed E-state index contributed by atoms with van der Waals surface area (Å²) < 4.78 is 5.03. The first kappa shape index (κ1) is 12.4. The minimum atomic E-state index is -0.813. The minimum absolute atomic E-state index is 0.0751. The molecule has 0 radical (unpaired) electrons. The van der Waals surface area contributed by atoms with E-state index in [2.05, 4.69) is 5.32 Å². The monoisotopic (exact) mass is 249 g/mol. The molecule has 1 aromatic rings. The first-order valence-corrected chi connectivity index (χ1v) is 5.86. The van der Waals surface area contributed by atoms with Gasteiger partial charge in [-0.05, 0) is 44.0 Å². The van der Waals surface area contributed by atoms with Crippen LogP contribution < -0.4 is 5.32 Å². The van der Waals surface area contributed by atoms with Gasteiger partial charge in [-0.3, -0.25) is 4.79 Å². The van der Waals surface area contributed by atoms with Crippen molar-refractivity contribution in [3.63, 3.8) is 0 Å². The van der Waals surface area contributed by atoms with Crippen LogP contribution >= 0.6 is 0 Å². The summed E-state index contributed by atoms with van der Waals surface area (Å²) in [7, 11) is 0. The van der Waals surface area contributed by atoms with Gasteiger partial charge in [0.25, 0.3) is 5.91 Å². The summed E-state index contributed by atoms with van der Waals surface area (Å²) in [5.41, 5.74) is 0.305. The Morgan fingerprint density at radius 1 is 1.33 bits per heavy atom. The fraction of sp³-hybridized carbons (Fsp3) is 0.385. The normalized spacial score (nSPS) is 15.8. The van der Waals surface area contributed by atoms with E-state index in [4.69, 9.17) is 9.84 Å². The molecular weight excluding hydrogens is 234 g/mol. The van der Waals surface area contributed by atoms with Crippen molar-refractivity contribution < 1.29 is 19.4 Å². The summed E-state index contributed by atoms with van der Waals surface area (Å²) in [6.07, 6.45) is 1.17. The van der Waals surface area contributed by atoms with E-state index in [0.717, 1.165) is 12.8 Å². The van der Waals surface area contributed by atoms with Crippen LogP contribution in [0.25, 0.3) is 0 Å². The molecule has 1 saturated carbocycles. The van der Waals surface area contributed by atoms with Crippen molar-refractivity contribution in [2.24, 2.45) is 0 Å². The molecule has 2 N–H and O–H groups in total. The van der Waals surface area contributed by atoms with E-state index in [-0.39, 0.29) is 17.7 Å². The van der Waals surface area contributed by atoms with E-state index < -0.39 is 12.1 Å². The second-order valence-corrected chi connectivity index (χ2v) is 4.38. The quantitative estimate of drug-likeness (QED) is 0.787. The maximum atomic E-state index is 11.7. The summed E-state index contributed by atoms with van der Waals surface area (Å²) in [6, 6.07) is 5.93. The Morgan fingerprint density at radius 3 is 2.50 bits per heavy atom. The van der Waals surface area contributed by atoms with Crippen LogP contribution in [0.15, 0.2) is 24.3 Å². The predicted octanol–water partition coefficient (Wildman–Crippen LogP) is 1.22. The third-order valence-corrected chi connectivity index (χ3v) is 2.68. The number of rotatable bonds is 4. The Hall–Kier alpha value is -2.04. The molecule has 0 aromatic heterocycles. The minimum Gasteiger partial charge on any atom is -0.508 e. The number of phenolic OH excluding ortho intramolecular Hbond substituents is 1. The fourth-order valence-corrected chi connectivity index (χ4v) is 1.43. The lowest BCUT2D eigenvalue weighted by atomic mass is 10.2. The summed E-state index contributed by atoms with van der Waals surface area (Å²) in [5.74, 6) is -0.774. The number of esters is 1. The molecule has 2 rings (SSSR count). The van der Waals surface area contributed by atoms with Crippen molar-refractivity contribution in [3.05, 3.63) is 29.8 Å². The lowest BCUT2D eigenvalue weighted by molar-refractivity contribution is -0.129. The molecule has 1 amide bonds. The van der Waals surface area contributed by atoms with Crippen molar-refractivity contribution in [3.8, 4) is 5.75 Å². The lowest BCUT2D eigenvalue weighted by Crippen LogP contribution is -2.37. The number of hydrogen-bond acceptors (Lipinski definition) is 4. The average Bonchev–Trinajstić information content (AvgIpc) is 3.13. The molecular formula is C13H15NO4. The number of carbonyl (C=O) groups is 2. The molecule has 0 bridgehead atoms. The molecule has 5 heteroatoms. The van der Waals surface area contributed by atoms with Crippen molar-refractivity contribution in [1.82, 2.24) is 5.32 Å².